The number of para-hydroxylation sites is 1. The van der Waals surface area contributed by atoms with Crippen molar-refractivity contribution in [2.24, 2.45) is 0 Å². The van der Waals surface area contributed by atoms with Crippen molar-refractivity contribution in [1.29, 1.82) is 0 Å². The number of benzene rings is 2. The monoisotopic (exact) mass is 249 g/mol. The Morgan fingerprint density at radius 2 is 1.74 bits per heavy atom. The van der Waals surface area contributed by atoms with Gasteiger partial charge in [-0.25, -0.2) is 0 Å². The summed E-state index contributed by atoms with van der Waals surface area (Å²) in [7, 11) is 0. The second kappa shape index (κ2) is 4.65. The number of hydrogen-bond donors (Lipinski definition) is 0. The highest BCUT2D eigenvalue weighted by Gasteiger charge is 2.11. The van der Waals surface area contributed by atoms with Crippen LogP contribution in [-0.2, 0) is 6.42 Å². The third kappa shape index (κ3) is 1.99. The minimum Gasteiger partial charge on any atom is -0.252 e. The molecule has 0 fully saturated rings. The van der Waals surface area contributed by atoms with Gasteiger partial charge in [0.25, 0.3) is 0 Å². The topological polar surface area (TPSA) is 12.9 Å². The first-order valence-electron chi connectivity index (χ1n) is 7.02. The molecule has 1 aromatic heterocycles. The molecule has 3 rings (SSSR count). The number of rotatable bonds is 2. The Labute approximate surface area is 114 Å². The van der Waals surface area contributed by atoms with E-state index >= 15 is 0 Å². The van der Waals surface area contributed by atoms with Crippen LogP contribution >= 0.6 is 0 Å². The average molecular weight is 249 g/mol. The molecule has 0 amide bonds. The van der Waals surface area contributed by atoms with Crippen molar-refractivity contribution in [3.05, 3.63) is 53.7 Å². The quantitative estimate of drug-likeness (QED) is 0.577. The minimum absolute atomic E-state index is 0.444. The Morgan fingerprint density at radius 3 is 2.47 bits per heavy atom. The summed E-state index contributed by atoms with van der Waals surface area (Å²) in [4.78, 5) is 4.88. The summed E-state index contributed by atoms with van der Waals surface area (Å²) in [6.45, 7) is 6.63. The summed E-state index contributed by atoms with van der Waals surface area (Å²) >= 11 is 0. The molecule has 0 atom stereocenters. The van der Waals surface area contributed by atoms with Crippen molar-refractivity contribution in [1.82, 2.24) is 4.98 Å². The van der Waals surface area contributed by atoms with E-state index in [0.29, 0.717) is 5.92 Å². The summed E-state index contributed by atoms with van der Waals surface area (Å²) in [6.07, 6.45) is 1.07. The average Bonchev–Trinajstić information content (AvgIpc) is 2.45. The van der Waals surface area contributed by atoms with Crippen molar-refractivity contribution < 1.29 is 0 Å². The molecule has 0 saturated carbocycles. The van der Waals surface area contributed by atoms with Crippen molar-refractivity contribution in [3.63, 3.8) is 0 Å². The largest absolute Gasteiger partial charge is 0.252 e. The lowest BCUT2D eigenvalue weighted by Gasteiger charge is -2.13. The first kappa shape index (κ1) is 12.2. The highest BCUT2D eigenvalue weighted by atomic mass is 14.7. The SMILES string of the molecule is CCc1ccc2c(c1)c(C(C)C)nc1ccccc12. The number of fused-ring (bicyclic) bond motifs is 3. The molecule has 0 spiro atoms. The maximum absolute atomic E-state index is 4.88. The molecule has 0 bridgehead atoms. The second-order valence-electron chi connectivity index (χ2n) is 5.40. The standard InChI is InChI=1S/C18H19N/c1-4-13-9-10-14-15-7-5-6-8-17(15)19-18(12(2)3)16(14)11-13/h5-12H,4H2,1-3H3. The van der Waals surface area contributed by atoms with Crippen LogP contribution in [-0.4, -0.2) is 4.98 Å². The molecule has 0 N–H and O–H groups in total. The van der Waals surface area contributed by atoms with E-state index in [4.69, 9.17) is 4.98 Å². The van der Waals surface area contributed by atoms with Crippen LogP contribution in [0.25, 0.3) is 21.7 Å². The van der Waals surface area contributed by atoms with Crippen LogP contribution in [0.3, 0.4) is 0 Å². The molecule has 0 unspecified atom stereocenters. The van der Waals surface area contributed by atoms with Crippen LogP contribution in [0.15, 0.2) is 42.5 Å². The van der Waals surface area contributed by atoms with Gasteiger partial charge in [-0.15, -0.1) is 0 Å². The number of nitrogens with zero attached hydrogens (tertiary/aromatic N) is 1. The van der Waals surface area contributed by atoms with Crippen molar-refractivity contribution in [2.75, 3.05) is 0 Å². The highest BCUT2D eigenvalue weighted by Crippen LogP contribution is 2.30. The van der Waals surface area contributed by atoms with E-state index < -0.39 is 0 Å². The van der Waals surface area contributed by atoms with E-state index in [-0.39, 0.29) is 0 Å². The van der Waals surface area contributed by atoms with Gasteiger partial charge in [-0.05, 0) is 35.4 Å². The highest BCUT2D eigenvalue weighted by molar-refractivity contribution is 6.06. The smallest absolute Gasteiger partial charge is 0.0711 e. The number of pyridine rings is 1. The van der Waals surface area contributed by atoms with E-state index in [0.717, 1.165) is 11.9 Å². The number of hydrogen-bond acceptors (Lipinski definition) is 1. The molecule has 0 aliphatic heterocycles. The lowest BCUT2D eigenvalue weighted by molar-refractivity contribution is 0.840. The predicted molar refractivity (Wildman–Crippen MR) is 82.7 cm³/mol. The van der Waals surface area contributed by atoms with Gasteiger partial charge in [0.15, 0.2) is 0 Å². The Bertz CT molecular complexity index is 741. The maximum atomic E-state index is 4.88. The van der Waals surface area contributed by atoms with Gasteiger partial charge in [-0.3, -0.25) is 4.98 Å². The lowest BCUT2D eigenvalue weighted by Crippen LogP contribution is -1.96. The van der Waals surface area contributed by atoms with Gasteiger partial charge in [0.05, 0.1) is 11.2 Å². The van der Waals surface area contributed by atoms with Gasteiger partial charge < -0.3 is 0 Å². The molecule has 0 radical (unpaired) electrons. The Balaban J connectivity index is 2.48. The molecular weight excluding hydrogens is 230 g/mol. The zero-order chi connectivity index (χ0) is 13.4. The molecule has 1 heteroatoms. The van der Waals surface area contributed by atoms with Crippen LogP contribution in [0.5, 0.6) is 0 Å². The van der Waals surface area contributed by atoms with E-state index in [1.165, 1.54) is 27.4 Å². The normalized spacial score (nSPS) is 11.6. The number of aromatic nitrogens is 1. The molecule has 1 nitrogen and oxygen atoms in total. The Kier molecular flexibility index (Phi) is 2.98. The summed E-state index contributed by atoms with van der Waals surface area (Å²) in [5.74, 6) is 0.444. The minimum atomic E-state index is 0.444. The van der Waals surface area contributed by atoms with Crippen molar-refractivity contribution in [2.45, 2.75) is 33.1 Å². The molecule has 0 saturated heterocycles. The first-order valence-corrected chi connectivity index (χ1v) is 7.02. The zero-order valence-corrected chi connectivity index (χ0v) is 11.8. The lowest BCUT2D eigenvalue weighted by atomic mass is 9.96. The summed E-state index contributed by atoms with van der Waals surface area (Å²) in [5.41, 5.74) is 3.69. The molecule has 0 aliphatic carbocycles. The van der Waals surface area contributed by atoms with E-state index in [9.17, 15) is 0 Å². The molecule has 96 valence electrons. The zero-order valence-electron chi connectivity index (χ0n) is 11.8. The van der Waals surface area contributed by atoms with Gasteiger partial charge in [0.2, 0.25) is 0 Å². The van der Waals surface area contributed by atoms with Gasteiger partial charge in [0.1, 0.15) is 0 Å². The van der Waals surface area contributed by atoms with Crippen LogP contribution in [0.2, 0.25) is 0 Å². The van der Waals surface area contributed by atoms with E-state index in [1.807, 2.05) is 0 Å². The van der Waals surface area contributed by atoms with Crippen LogP contribution in [0, 0.1) is 0 Å². The van der Waals surface area contributed by atoms with Crippen LogP contribution < -0.4 is 0 Å². The molecule has 3 aromatic rings. The second-order valence-corrected chi connectivity index (χ2v) is 5.40. The molecule has 0 aliphatic rings. The fourth-order valence-electron chi connectivity index (χ4n) is 2.69. The van der Waals surface area contributed by atoms with Crippen molar-refractivity contribution in [3.8, 4) is 0 Å². The van der Waals surface area contributed by atoms with Gasteiger partial charge in [-0.1, -0.05) is 51.1 Å². The third-order valence-corrected chi connectivity index (χ3v) is 3.75. The third-order valence-electron chi connectivity index (χ3n) is 3.75. The molecule has 1 heterocycles. The fourth-order valence-corrected chi connectivity index (χ4v) is 2.69. The predicted octanol–water partition coefficient (Wildman–Crippen LogP) is 5.07. The van der Waals surface area contributed by atoms with E-state index in [2.05, 4.69) is 63.2 Å². The van der Waals surface area contributed by atoms with Crippen molar-refractivity contribution >= 4 is 21.7 Å². The fraction of sp³-hybridized carbons (Fsp3) is 0.278. The van der Waals surface area contributed by atoms with Gasteiger partial charge in [-0.2, -0.15) is 0 Å². The molecule has 2 aromatic carbocycles. The first-order chi connectivity index (χ1) is 9.20. The summed E-state index contributed by atoms with van der Waals surface area (Å²) in [5, 5.41) is 3.89. The Morgan fingerprint density at radius 1 is 0.947 bits per heavy atom. The van der Waals surface area contributed by atoms with Crippen LogP contribution in [0.4, 0.5) is 0 Å². The van der Waals surface area contributed by atoms with Gasteiger partial charge >= 0.3 is 0 Å². The summed E-state index contributed by atoms with van der Waals surface area (Å²) in [6, 6.07) is 15.2. The summed E-state index contributed by atoms with van der Waals surface area (Å²) < 4.78 is 0. The molecular formula is C18H19N. The van der Waals surface area contributed by atoms with E-state index in [1.54, 1.807) is 0 Å². The Hall–Kier alpha value is -1.89. The molecule has 19 heavy (non-hydrogen) atoms. The van der Waals surface area contributed by atoms with Crippen LogP contribution in [0.1, 0.15) is 37.9 Å². The maximum Gasteiger partial charge on any atom is 0.0711 e. The number of aryl methyl sites for hydroxylation is 1. The van der Waals surface area contributed by atoms with Gasteiger partial charge in [0, 0.05) is 10.8 Å².